The molecule has 0 aliphatic heterocycles. The fourth-order valence-electron chi connectivity index (χ4n) is 1.56. The van der Waals surface area contributed by atoms with E-state index in [9.17, 15) is 4.79 Å². The second-order valence-electron chi connectivity index (χ2n) is 4.71. The Morgan fingerprint density at radius 1 is 1.50 bits per heavy atom. The van der Waals surface area contributed by atoms with Crippen molar-refractivity contribution >= 4 is 17.5 Å². The molecule has 0 fully saturated rings. The van der Waals surface area contributed by atoms with Gasteiger partial charge in [0.15, 0.2) is 0 Å². The van der Waals surface area contributed by atoms with Crippen LogP contribution in [0.2, 0.25) is 0 Å². The summed E-state index contributed by atoms with van der Waals surface area (Å²) in [6.45, 7) is 5.87. The van der Waals surface area contributed by atoms with Crippen molar-refractivity contribution in [3.8, 4) is 5.75 Å². The van der Waals surface area contributed by atoms with Gasteiger partial charge in [-0.3, -0.25) is 4.79 Å². The zero-order chi connectivity index (χ0) is 13.8. The van der Waals surface area contributed by atoms with Gasteiger partial charge < -0.3 is 10.1 Å². The quantitative estimate of drug-likeness (QED) is 0.834. The van der Waals surface area contributed by atoms with Crippen LogP contribution in [0, 0.1) is 6.92 Å². The molecule has 0 aliphatic carbocycles. The van der Waals surface area contributed by atoms with Gasteiger partial charge in [0.1, 0.15) is 5.75 Å². The number of nitrogens with one attached hydrogen (secondary N) is 1. The number of ether oxygens (including phenoxy) is 1. The molecule has 0 heterocycles. The number of halogens is 1. The Balaban J connectivity index is 3.00. The van der Waals surface area contributed by atoms with Crippen molar-refractivity contribution in [3.05, 3.63) is 29.3 Å². The summed E-state index contributed by atoms with van der Waals surface area (Å²) in [5, 5.41) is 2.96. The first kappa shape index (κ1) is 14.8. The Kier molecular flexibility index (Phi) is 5.03. The molecule has 1 unspecified atom stereocenters. The molecule has 0 radical (unpaired) electrons. The van der Waals surface area contributed by atoms with Crippen LogP contribution in [0.25, 0.3) is 0 Å². The lowest BCUT2D eigenvalue weighted by atomic mass is 10.0. The zero-order valence-corrected chi connectivity index (χ0v) is 12.1. The first-order chi connectivity index (χ1) is 8.45. The molecule has 18 heavy (non-hydrogen) atoms. The molecule has 1 aromatic carbocycles. The first-order valence-electron chi connectivity index (χ1n) is 5.99. The molecule has 1 amide bonds. The van der Waals surface area contributed by atoms with Gasteiger partial charge in [-0.05, 0) is 32.4 Å². The molecule has 0 aliphatic rings. The van der Waals surface area contributed by atoms with E-state index in [0.717, 1.165) is 12.0 Å². The first-order valence-corrected chi connectivity index (χ1v) is 6.52. The van der Waals surface area contributed by atoms with Crippen LogP contribution in [0.4, 0.5) is 0 Å². The smallest absolute Gasteiger partial charge is 0.255 e. The highest BCUT2D eigenvalue weighted by Crippen LogP contribution is 2.21. The minimum Gasteiger partial charge on any atom is -0.496 e. The van der Waals surface area contributed by atoms with Gasteiger partial charge in [-0.1, -0.05) is 18.6 Å². The molecule has 0 spiro atoms. The van der Waals surface area contributed by atoms with Crippen LogP contribution < -0.4 is 10.1 Å². The molecule has 1 atom stereocenters. The van der Waals surface area contributed by atoms with Gasteiger partial charge in [0.25, 0.3) is 5.91 Å². The number of methoxy groups -OCH3 is 1. The average molecular weight is 270 g/mol. The summed E-state index contributed by atoms with van der Waals surface area (Å²) in [6.07, 6.45) is 0.774. The molecule has 0 bridgehead atoms. The molecule has 3 nitrogen and oxygen atoms in total. The average Bonchev–Trinajstić information content (AvgIpc) is 2.38. The van der Waals surface area contributed by atoms with Crippen LogP contribution >= 0.6 is 11.6 Å². The second kappa shape index (κ2) is 6.10. The summed E-state index contributed by atoms with van der Waals surface area (Å²) in [5.74, 6) is 0.801. The summed E-state index contributed by atoms with van der Waals surface area (Å²) in [7, 11) is 1.56. The summed E-state index contributed by atoms with van der Waals surface area (Å²) >= 11 is 5.90. The standard InChI is InChI=1S/C14H20ClNO2/c1-5-14(3,9-15)16-13(17)11-8-10(2)6-7-12(11)18-4/h6-8H,5,9H2,1-4H3,(H,16,17). The molecule has 0 saturated carbocycles. The molecule has 1 aromatic rings. The minimum atomic E-state index is -0.395. The van der Waals surface area contributed by atoms with Crippen molar-refractivity contribution < 1.29 is 9.53 Å². The zero-order valence-electron chi connectivity index (χ0n) is 11.3. The van der Waals surface area contributed by atoms with E-state index in [4.69, 9.17) is 16.3 Å². The highest BCUT2D eigenvalue weighted by Gasteiger charge is 2.25. The number of hydrogen-bond donors (Lipinski definition) is 1. The third kappa shape index (κ3) is 3.39. The van der Waals surface area contributed by atoms with Gasteiger partial charge in [0.05, 0.1) is 18.2 Å². The van der Waals surface area contributed by atoms with E-state index in [-0.39, 0.29) is 5.91 Å². The highest BCUT2D eigenvalue weighted by atomic mass is 35.5. The van der Waals surface area contributed by atoms with Crippen LogP contribution in [-0.4, -0.2) is 24.4 Å². The third-order valence-corrected chi connectivity index (χ3v) is 3.68. The lowest BCUT2D eigenvalue weighted by Crippen LogP contribution is -2.47. The number of amides is 1. The number of hydrogen-bond acceptors (Lipinski definition) is 2. The highest BCUT2D eigenvalue weighted by molar-refractivity contribution is 6.18. The van der Waals surface area contributed by atoms with E-state index in [1.54, 1.807) is 13.2 Å². The number of carbonyl (C=O) groups excluding carboxylic acids is 1. The van der Waals surface area contributed by atoms with Crippen molar-refractivity contribution in [2.75, 3.05) is 13.0 Å². The van der Waals surface area contributed by atoms with Crippen LogP contribution in [0.1, 0.15) is 36.2 Å². The Hall–Kier alpha value is -1.22. The maximum atomic E-state index is 12.3. The molecule has 4 heteroatoms. The number of carbonyl (C=O) groups is 1. The Bertz CT molecular complexity index is 428. The normalized spacial score (nSPS) is 13.8. The fourth-order valence-corrected chi connectivity index (χ4v) is 1.81. The molecule has 1 rings (SSSR count). The predicted molar refractivity (Wildman–Crippen MR) is 74.6 cm³/mol. The van der Waals surface area contributed by atoms with E-state index in [1.807, 2.05) is 32.9 Å². The molecule has 0 aromatic heterocycles. The number of benzene rings is 1. The minimum absolute atomic E-state index is 0.152. The van der Waals surface area contributed by atoms with Crippen molar-refractivity contribution in [1.29, 1.82) is 0 Å². The maximum Gasteiger partial charge on any atom is 0.255 e. The number of rotatable bonds is 5. The summed E-state index contributed by atoms with van der Waals surface area (Å²) in [5.41, 5.74) is 1.17. The Labute approximate surface area is 113 Å². The van der Waals surface area contributed by atoms with Gasteiger partial charge in [0.2, 0.25) is 0 Å². The van der Waals surface area contributed by atoms with Crippen molar-refractivity contribution in [1.82, 2.24) is 5.32 Å². The van der Waals surface area contributed by atoms with Crippen LogP contribution in [0.3, 0.4) is 0 Å². The second-order valence-corrected chi connectivity index (χ2v) is 4.97. The summed E-state index contributed by atoms with van der Waals surface area (Å²) in [4.78, 5) is 12.3. The summed E-state index contributed by atoms with van der Waals surface area (Å²) in [6, 6.07) is 5.53. The monoisotopic (exact) mass is 269 g/mol. The molecule has 100 valence electrons. The lowest BCUT2D eigenvalue weighted by Gasteiger charge is -2.27. The maximum absolute atomic E-state index is 12.3. The van der Waals surface area contributed by atoms with Crippen LogP contribution in [0.5, 0.6) is 5.75 Å². The largest absolute Gasteiger partial charge is 0.496 e. The summed E-state index contributed by atoms with van der Waals surface area (Å²) < 4.78 is 5.21. The van der Waals surface area contributed by atoms with Gasteiger partial charge in [-0.2, -0.15) is 0 Å². The van der Waals surface area contributed by atoms with Gasteiger partial charge >= 0.3 is 0 Å². The van der Waals surface area contributed by atoms with E-state index >= 15 is 0 Å². The topological polar surface area (TPSA) is 38.3 Å². The SMILES string of the molecule is CCC(C)(CCl)NC(=O)c1cc(C)ccc1OC. The van der Waals surface area contributed by atoms with E-state index in [1.165, 1.54) is 0 Å². The van der Waals surface area contributed by atoms with E-state index in [0.29, 0.717) is 17.2 Å². The van der Waals surface area contributed by atoms with Crippen molar-refractivity contribution in [3.63, 3.8) is 0 Å². The fraction of sp³-hybridized carbons (Fsp3) is 0.500. The number of alkyl halides is 1. The molecule has 1 N–H and O–H groups in total. The van der Waals surface area contributed by atoms with Gasteiger partial charge in [-0.15, -0.1) is 11.6 Å². The number of aryl methyl sites for hydroxylation is 1. The molecular formula is C14H20ClNO2. The lowest BCUT2D eigenvalue weighted by molar-refractivity contribution is 0.0909. The van der Waals surface area contributed by atoms with Crippen molar-refractivity contribution in [2.24, 2.45) is 0 Å². The molecule has 0 saturated heterocycles. The molecular weight excluding hydrogens is 250 g/mol. The Morgan fingerprint density at radius 2 is 2.17 bits per heavy atom. The predicted octanol–water partition coefficient (Wildman–Crippen LogP) is 3.14. The Morgan fingerprint density at radius 3 is 2.67 bits per heavy atom. The van der Waals surface area contributed by atoms with Crippen LogP contribution in [-0.2, 0) is 0 Å². The van der Waals surface area contributed by atoms with Crippen molar-refractivity contribution in [2.45, 2.75) is 32.7 Å². The van der Waals surface area contributed by atoms with E-state index < -0.39 is 5.54 Å². The van der Waals surface area contributed by atoms with E-state index in [2.05, 4.69) is 5.32 Å². The third-order valence-electron chi connectivity index (χ3n) is 3.09. The van der Waals surface area contributed by atoms with Gasteiger partial charge in [0, 0.05) is 5.88 Å². The van der Waals surface area contributed by atoms with Crippen LogP contribution in [0.15, 0.2) is 18.2 Å². The van der Waals surface area contributed by atoms with Gasteiger partial charge in [-0.25, -0.2) is 0 Å².